The van der Waals surface area contributed by atoms with Gasteiger partial charge in [0.2, 0.25) is 0 Å². The monoisotopic (exact) mass is 531 g/mol. The van der Waals surface area contributed by atoms with Crippen LogP contribution < -0.4 is 26.5 Å². The summed E-state index contributed by atoms with van der Waals surface area (Å²) >= 11 is 0. The number of hydrogen-bond donors (Lipinski definition) is 2. The second-order valence-electron chi connectivity index (χ2n) is 7.92. The maximum atomic E-state index is 12.9. The molecular formula is C23H25N5O8S. The summed E-state index contributed by atoms with van der Waals surface area (Å²) < 4.78 is 32.4. The topological polar surface area (TPSA) is 186 Å². The van der Waals surface area contributed by atoms with E-state index in [1.807, 2.05) is 6.92 Å². The smallest absolute Gasteiger partial charge is 0.339 e. The molecule has 13 nitrogen and oxygen atoms in total. The average Bonchev–Trinajstić information content (AvgIpc) is 2.87. The van der Waals surface area contributed by atoms with Crippen molar-refractivity contribution in [2.24, 2.45) is 0 Å². The molecule has 0 saturated carbocycles. The average molecular weight is 532 g/mol. The van der Waals surface area contributed by atoms with Crippen molar-refractivity contribution in [1.29, 1.82) is 0 Å². The second kappa shape index (κ2) is 11.1. The third kappa shape index (κ3) is 5.86. The molecular weight excluding hydrogens is 506 g/mol. The minimum absolute atomic E-state index is 0.00313. The number of carbonyl (C=O) groups excluding carboxylic acids is 1. The number of non-ortho nitro benzene ring substituents is 1. The Morgan fingerprint density at radius 1 is 1.05 bits per heavy atom. The molecule has 0 radical (unpaired) electrons. The summed E-state index contributed by atoms with van der Waals surface area (Å²) in [6.45, 7) is 4.01. The van der Waals surface area contributed by atoms with Crippen LogP contribution in [-0.4, -0.2) is 28.4 Å². The molecule has 37 heavy (non-hydrogen) atoms. The number of hydrogen-bond acceptors (Lipinski definition) is 9. The van der Waals surface area contributed by atoms with Gasteiger partial charge in [0.1, 0.15) is 22.2 Å². The van der Waals surface area contributed by atoms with Gasteiger partial charge in [0, 0.05) is 24.7 Å². The summed E-state index contributed by atoms with van der Waals surface area (Å²) in [7, 11) is -4.36. The third-order valence-corrected chi connectivity index (χ3v) is 6.50. The van der Waals surface area contributed by atoms with Crippen molar-refractivity contribution in [2.75, 3.05) is 11.1 Å². The van der Waals surface area contributed by atoms with Gasteiger partial charge in [-0.05, 0) is 43.2 Å². The van der Waals surface area contributed by atoms with Crippen LogP contribution in [0.1, 0.15) is 37.0 Å². The van der Waals surface area contributed by atoms with E-state index < -0.39 is 32.2 Å². The van der Waals surface area contributed by atoms with Crippen LogP contribution in [0, 0.1) is 10.1 Å². The SMILES string of the molecule is CCCn1c(N)c(NC(=O)c2ccc(S(=O)(=O)Oc3cccc([N+](=O)[O-])c3)cc2)c(=O)n(CCC)c1=O. The Labute approximate surface area is 211 Å². The molecule has 2 aromatic carbocycles. The molecule has 14 heteroatoms. The second-order valence-corrected chi connectivity index (χ2v) is 9.47. The van der Waals surface area contributed by atoms with Gasteiger partial charge < -0.3 is 15.2 Å². The number of nitrogens with two attached hydrogens (primary N) is 1. The molecule has 196 valence electrons. The van der Waals surface area contributed by atoms with Crippen molar-refractivity contribution >= 4 is 33.2 Å². The van der Waals surface area contributed by atoms with Crippen molar-refractivity contribution in [3.8, 4) is 5.75 Å². The zero-order valence-corrected chi connectivity index (χ0v) is 20.9. The molecule has 3 aromatic rings. The zero-order valence-electron chi connectivity index (χ0n) is 20.0. The molecule has 1 aromatic heterocycles. The lowest BCUT2D eigenvalue weighted by molar-refractivity contribution is -0.384. The van der Waals surface area contributed by atoms with Crippen LogP contribution in [0.2, 0.25) is 0 Å². The molecule has 1 amide bonds. The number of nitrogens with one attached hydrogen (secondary N) is 1. The third-order valence-electron chi connectivity index (χ3n) is 5.24. The summed E-state index contributed by atoms with van der Waals surface area (Å²) in [5.74, 6) is -1.18. The molecule has 0 spiro atoms. The maximum Gasteiger partial charge on any atom is 0.339 e. The molecule has 0 aliphatic rings. The van der Waals surface area contributed by atoms with Gasteiger partial charge in [-0.15, -0.1) is 0 Å². The largest absolute Gasteiger partial charge is 0.383 e. The van der Waals surface area contributed by atoms with Crippen LogP contribution >= 0.6 is 0 Å². The molecule has 3 N–H and O–H groups in total. The highest BCUT2D eigenvalue weighted by atomic mass is 32.2. The Morgan fingerprint density at radius 2 is 1.68 bits per heavy atom. The first-order valence-corrected chi connectivity index (χ1v) is 12.6. The summed E-state index contributed by atoms with van der Waals surface area (Å²) in [5, 5.41) is 13.3. The number of rotatable bonds is 10. The lowest BCUT2D eigenvalue weighted by Gasteiger charge is -2.16. The lowest BCUT2D eigenvalue weighted by Crippen LogP contribution is -2.42. The van der Waals surface area contributed by atoms with Gasteiger partial charge in [-0.2, -0.15) is 8.42 Å². The summed E-state index contributed by atoms with van der Waals surface area (Å²) in [6, 6.07) is 9.29. The van der Waals surface area contributed by atoms with Crippen molar-refractivity contribution in [1.82, 2.24) is 9.13 Å². The summed E-state index contributed by atoms with van der Waals surface area (Å²) in [6.07, 6.45) is 1.07. The predicted octanol–water partition coefficient (Wildman–Crippen LogP) is 2.34. The minimum atomic E-state index is -4.36. The molecule has 0 bridgehead atoms. The number of aromatic nitrogens is 2. The number of nitro groups is 1. The van der Waals surface area contributed by atoms with Crippen LogP contribution in [0.15, 0.2) is 63.0 Å². The molecule has 0 atom stereocenters. The van der Waals surface area contributed by atoms with Gasteiger partial charge in [-0.25, -0.2) is 4.79 Å². The normalized spacial score (nSPS) is 11.2. The van der Waals surface area contributed by atoms with Crippen LogP contribution in [0.4, 0.5) is 17.2 Å². The first-order valence-electron chi connectivity index (χ1n) is 11.2. The van der Waals surface area contributed by atoms with Crippen molar-refractivity contribution in [3.63, 3.8) is 0 Å². The van der Waals surface area contributed by atoms with Crippen LogP contribution in [-0.2, 0) is 23.2 Å². The number of nitro benzene ring substituents is 1. The predicted molar refractivity (Wildman–Crippen MR) is 135 cm³/mol. The van der Waals surface area contributed by atoms with E-state index >= 15 is 0 Å². The van der Waals surface area contributed by atoms with Gasteiger partial charge in [-0.3, -0.25) is 28.8 Å². The number of benzene rings is 2. The molecule has 0 fully saturated rings. The highest BCUT2D eigenvalue weighted by Gasteiger charge is 2.21. The number of nitrogens with zero attached hydrogens (tertiary/aromatic N) is 3. The van der Waals surface area contributed by atoms with Gasteiger partial charge in [0.25, 0.3) is 17.2 Å². The number of nitrogen functional groups attached to an aromatic ring is 1. The number of anilines is 2. The minimum Gasteiger partial charge on any atom is -0.383 e. The highest BCUT2D eigenvalue weighted by Crippen LogP contribution is 2.23. The van der Waals surface area contributed by atoms with E-state index in [0.717, 1.165) is 22.8 Å². The van der Waals surface area contributed by atoms with E-state index in [9.17, 15) is 32.9 Å². The zero-order chi connectivity index (χ0) is 27.3. The fourth-order valence-corrected chi connectivity index (χ4v) is 4.40. The van der Waals surface area contributed by atoms with Gasteiger partial charge in [0.05, 0.1) is 11.0 Å². The van der Waals surface area contributed by atoms with Crippen molar-refractivity contribution in [2.45, 2.75) is 44.7 Å². The van der Waals surface area contributed by atoms with E-state index in [1.54, 1.807) is 6.92 Å². The van der Waals surface area contributed by atoms with E-state index in [1.165, 1.54) is 34.9 Å². The molecule has 0 unspecified atom stereocenters. The Hall–Kier alpha value is -4.46. The summed E-state index contributed by atoms with van der Waals surface area (Å²) in [4.78, 5) is 48.3. The first kappa shape index (κ1) is 27.1. The van der Waals surface area contributed by atoms with E-state index in [0.29, 0.717) is 12.8 Å². The Kier molecular flexibility index (Phi) is 8.12. The molecule has 0 aliphatic carbocycles. The molecule has 0 aliphatic heterocycles. The molecule has 0 saturated heterocycles. The van der Waals surface area contributed by atoms with E-state index in [4.69, 9.17) is 9.92 Å². The van der Waals surface area contributed by atoms with E-state index in [2.05, 4.69) is 5.32 Å². The summed E-state index contributed by atoms with van der Waals surface area (Å²) in [5.41, 5.74) is 4.14. The lowest BCUT2D eigenvalue weighted by atomic mass is 10.2. The standard InChI is InChI=1S/C23H25N5O8S/c1-3-12-26-20(24)19(22(30)27(13-4-2)23(26)31)25-21(29)15-8-10-18(11-9-15)37(34,35)36-17-7-5-6-16(14-17)28(32)33/h5-11,14H,3-4,12-13,24H2,1-2H3,(H,25,29). The number of amides is 1. The highest BCUT2D eigenvalue weighted by molar-refractivity contribution is 7.87. The first-order chi connectivity index (χ1) is 17.5. The molecule has 1 heterocycles. The molecule has 3 rings (SSSR count). The Balaban J connectivity index is 1.88. The Morgan fingerprint density at radius 3 is 2.27 bits per heavy atom. The fourth-order valence-electron chi connectivity index (χ4n) is 3.48. The van der Waals surface area contributed by atoms with Crippen molar-refractivity contribution < 1.29 is 22.3 Å². The fraction of sp³-hybridized carbons (Fsp3) is 0.261. The van der Waals surface area contributed by atoms with Crippen LogP contribution in [0.5, 0.6) is 5.75 Å². The Bertz CT molecular complexity index is 1560. The van der Waals surface area contributed by atoms with E-state index in [-0.39, 0.29) is 46.5 Å². The quantitative estimate of drug-likeness (QED) is 0.225. The van der Waals surface area contributed by atoms with Crippen molar-refractivity contribution in [3.05, 3.63) is 85.0 Å². The van der Waals surface area contributed by atoms with Gasteiger partial charge in [0.15, 0.2) is 0 Å². The number of carbonyl (C=O) groups is 1. The van der Waals surface area contributed by atoms with Gasteiger partial charge >= 0.3 is 15.8 Å². The van der Waals surface area contributed by atoms with Gasteiger partial charge in [-0.1, -0.05) is 19.9 Å². The van der Waals surface area contributed by atoms with Crippen LogP contribution in [0.25, 0.3) is 0 Å². The maximum absolute atomic E-state index is 12.9. The van der Waals surface area contributed by atoms with Crippen LogP contribution in [0.3, 0.4) is 0 Å².